The molecule has 0 saturated heterocycles. The van der Waals surface area contributed by atoms with E-state index in [4.69, 9.17) is 45.3 Å². The fourth-order valence-electron chi connectivity index (χ4n) is 1.82. The van der Waals surface area contributed by atoms with Crippen LogP contribution >= 0.6 is 34.8 Å². The molecule has 20 heavy (non-hydrogen) atoms. The second-order valence-corrected chi connectivity index (χ2v) is 5.34. The van der Waals surface area contributed by atoms with Crippen LogP contribution in [-0.2, 0) is 11.3 Å². The monoisotopic (exact) mass is 334 g/mol. The van der Waals surface area contributed by atoms with Gasteiger partial charge >= 0.3 is 0 Å². The fourth-order valence-corrected chi connectivity index (χ4v) is 2.58. The molecule has 0 fully saturated rings. The molecule has 108 valence electrons. The highest BCUT2D eigenvalue weighted by Gasteiger charge is 2.22. The van der Waals surface area contributed by atoms with Crippen LogP contribution in [0.4, 0.5) is 0 Å². The Balaban J connectivity index is 2.37. The van der Waals surface area contributed by atoms with Gasteiger partial charge in [-0.3, -0.25) is 9.67 Å². The van der Waals surface area contributed by atoms with E-state index in [2.05, 4.69) is 10.1 Å². The minimum atomic E-state index is -0.591. The van der Waals surface area contributed by atoms with Crippen molar-refractivity contribution in [3.05, 3.63) is 44.9 Å². The van der Waals surface area contributed by atoms with Crippen molar-refractivity contribution >= 4 is 34.8 Å². The van der Waals surface area contributed by atoms with Crippen molar-refractivity contribution in [1.82, 2.24) is 14.8 Å². The first kappa shape index (κ1) is 15.5. The molecule has 2 N–H and O–H groups in total. The Morgan fingerprint density at radius 1 is 1.30 bits per heavy atom. The zero-order valence-electron chi connectivity index (χ0n) is 10.7. The Hall–Kier alpha value is -0.850. The molecule has 0 aliphatic heterocycles. The second kappa shape index (κ2) is 6.74. The van der Waals surface area contributed by atoms with Crippen LogP contribution in [-0.4, -0.2) is 28.5 Å². The van der Waals surface area contributed by atoms with Gasteiger partial charge < -0.3 is 10.5 Å². The van der Waals surface area contributed by atoms with Crippen molar-refractivity contribution in [3.8, 4) is 0 Å². The fraction of sp³-hybridized carbons (Fsp3) is 0.333. The molecule has 2 heterocycles. The molecule has 0 aromatic carbocycles. The Morgan fingerprint density at radius 2 is 2.05 bits per heavy atom. The van der Waals surface area contributed by atoms with E-state index in [1.807, 2.05) is 0 Å². The van der Waals surface area contributed by atoms with Crippen molar-refractivity contribution in [1.29, 1.82) is 0 Å². The zero-order valence-corrected chi connectivity index (χ0v) is 13.0. The van der Waals surface area contributed by atoms with Crippen LogP contribution in [0.25, 0.3) is 0 Å². The number of hydrogen-bond donors (Lipinski definition) is 1. The lowest BCUT2D eigenvalue weighted by Crippen LogP contribution is -2.20. The van der Waals surface area contributed by atoms with Gasteiger partial charge in [-0.25, -0.2) is 0 Å². The van der Waals surface area contributed by atoms with Gasteiger partial charge in [0.25, 0.3) is 0 Å². The van der Waals surface area contributed by atoms with E-state index in [1.165, 1.54) is 12.4 Å². The van der Waals surface area contributed by atoms with Gasteiger partial charge in [-0.05, 0) is 6.07 Å². The third-order valence-electron chi connectivity index (χ3n) is 2.77. The number of ether oxygens (including phenoxy) is 1. The van der Waals surface area contributed by atoms with E-state index in [9.17, 15) is 0 Å². The summed E-state index contributed by atoms with van der Waals surface area (Å²) in [6.45, 7) is 1.04. The van der Waals surface area contributed by atoms with Crippen molar-refractivity contribution in [2.45, 2.75) is 12.6 Å². The van der Waals surface area contributed by atoms with Gasteiger partial charge in [0.1, 0.15) is 0 Å². The number of nitrogens with two attached hydrogens (primary N) is 1. The summed E-state index contributed by atoms with van der Waals surface area (Å²) in [4.78, 5) is 4.18. The minimum Gasteiger partial charge on any atom is -0.383 e. The highest BCUT2D eigenvalue weighted by atomic mass is 35.5. The molecule has 0 radical (unpaired) electrons. The van der Waals surface area contributed by atoms with Gasteiger partial charge in [0.05, 0.1) is 51.8 Å². The highest BCUT2D eigenvalue weighted by Crippen LogP contribution is 2.30. The minimum absolute atomic E-state index is 0.389. The van der Waals surface area contributed by atoms with Crippen LogP contribution in [0.3, 0.4) is 0 Å². The lowest BCUT2D eigenvalue weighted by Gasteiger charge is -2.15. The molecule has 1 unspecified atom stereocenters. The smallest absolute Gasteiger partial charge is 0.0927 e. The van der Waals surface area contributed by atoms with E-state index in [-0.39, 0.29) is 0 Å². The molecule has 0 bridgehead atoms. The van der Waals surface area contributed by atoms with Crippen molar-refractivity contribution in [3.63, 3.8) is 0 Å². The van der Waals surface area contributed by atoms with Crippen LogP contribution in [0.15, 0.2) is 18.5 Å². The summed E-state index contributed by atoms with van der Waals surface area (Å²) in [5.74, 6) is 0. The Bertz CT molecular complexity index is 602. The van der Waals surface area contributed by atoms with Gasteiger partial charge in [0.2, 0.25) is 0 Å². The third kappa shape index (κ3) is 3.24. The molecule has 0 aliphatic rings. The van der Waals surface area contributed by atoms with E-state index in [1.54, 1.807) is 17.9 Å². The summed E-state index contributed by atoms with van der Waals surface area (Å²) in [7, 11) is 1.61. The first-order valence-corrected chi connectivity index (χ1v) is 6.94. The molecule has 2 aromatic rings. The normalized spacial score (nSPS) is 12.7. The summed E-state index contributed by atoms with van der Waals surface area (Å²) in [6.07, 6.45) is 3.03. The number of aromatic nitrogens is 3. The third-order valence-corrected chi connectivity index (χ3v) is 3.57. The lowest BCUT2D eigenvalue weighted by molar-refractivity contribution is 0.182. The molecular formula is C12H13Cl3N4O. The maximum atomic E-state index is 6.21. The molecule has 0 spiro atoms. The molecule has 2 aromatic heterocycles. The largest absolute Gasteiger partial charge is 0.383 e. The molecule has 0 aliphatic carbocycles. The van der Waals surface area contributed by atoms with Crippen LogP contribution in [0.1, 0.15) is 17.4 Å². The quantitative estimate of drug-likeness (QED) is 0.912. The highest BCUT2D eigenvalue weighted by molar-refractivity contribution is 6.35. The van der Waals surface area contributed by atoms with Gasteiger partial charge in [0, 0.05) is 13.3 Å². The predicted molar refractivity (Wildman–Crippen MR) is 79.4 cm³/mol. The summed E-state index contributed by atoms with van der Waals surface area (Å²) in [5, 5.41) is 5.47. The van der Waals surface area contributed by atoms with Crippen LogP contribution in [0, 0.1) is 0 Å². The summed E-state index contributed by atoms with van der Waals surface area (Å²) in [6, 6.07) is 1.00. The number of nitrogens with zero attached hydrogens (tertiary/aromatic N) is 3. The van der Waals surface area contributed by atoms with Crippen LogP contribution < -0.4 is 5.73 Å². The Labute approximate surface area is 131 Å². The van der Waals surface area contributed by atoms with Crippen LogP contribution in [0.2, 0.25) is 15.1 Å². The van der Waals surface area contributed by atoms with E-state index in [0.29, 0.717) is 39.6 Å². The maximum absolute atomic E-state index is 6.21. The average Bonchev–Trinajstić information content (AvgIpc) is 2.77. The lowest BCUT2D eigenvalue weighted by atomic mass is 10.1. The van der Waals surface area contributed by atoms with E-state index in [0.717, 1.165) is 0 Å². The van der Waals surface area contributed by atoms with Gasteiger partial charge in [-0.2, -0.15) is 5.10 Å². The van der Waals surface area contributed by atoms with E-state index >= 15 is 0 Å². The molecule has 0 saturated carbocycles. The number of pyridine rings is 1. The number of rotatable bonds is 5. The van der Waals surface area contributed by atoms with E-state index < -0.39 is 6.04 Å². The first-order chi connectivity index (χ1) is 9.54. The maximum Gasteiger partial charge on any atom is 0.0927 e. The summed E-state index contributed by atoms with van der Waals surface area (Å²) in [5.41, 5.74) is 7.35. The number of halogens is 3. The summed E-state index contributed by atoms with van der Waals surface area (Å²) >= 11 is 18.1. The molecule has 1 atom stereocenters. The number of methoxy groups -OCH3 is 1. The van der Waals surface area contributed by atoms with Gasteiger partial charge in [0.15, 0.2) is 0 Å². The molecular weight excluding hydrogens is 323 g/mol. The standard InChI is InChI=1S/C12H13Cl3N4O/c1-20-3-2-19-12(9(15)6-18-19)10(16)11-8(14)4-7(13)5-17-11/h4-6,10H,2-3,16H2,1H3. The van der Waals surface area contributed by atoms with Gasteiger partial charge in [-0.1, -0.05) is 34.8 Å². The predicted octanol–water partition coefficient (Wildman–Crippen LogP) is 2.93. The number of hydrogen-bond acceptors (Lipinski definition) is 4. The zero-order chi connectivity index (χ0) is 14.7. The topological polar surface area (TPSA) is 66.0 Å². The average molecular weight is 336 g/mol. The van der Waals surface area contributed by atoms with Gasteiger partial charge in [-0.15, -0.1) is 0 Å². The molecule has 2 rings (SSSR count). The second-order valence-electron chi connectivity index (χ2n) is 4.09. The van der Waals surface area contributed by atoms with Crippen molar-refractivity contribution in [2.24, 2.45) is 5.73 Å². The summed E-state index contributed by atoms with van der Waals surface area (Å²) < 4.78 is 6.71. The van der Waals surface area contributed by atoms with Crippen molar-refractivity contribution in [2.75, 3.05) is 13.7 Å². The van der Waals surface area contributed by atoms with Crippen molar-refractivity contribution < 1.29 is 4.74 Å². The Kier molecular flexibility index (Phi) is 5.23. The SMILES string of the molecule is COCCn1ncc(Cl)c1C(N)c1ncc(Cl)cc1Cl. The Morgan fingerprint density at radius 3 is 2.70 bits per heavy atom. The molecule has 0 amide bonds. The first-order valence-electron chi connectivity index (χ1n) is 5.81. The molecule has 8 heteroatoms. The van der Waals surface area contributed by atoms with Crippen LogP contribution in [0.5, 0.6) is 0 Å². The molecule has 5 nitrogen and oxygen atoms in total.